The van der Waals surface area contributed by atoms with Gasteiger partial charge < -0.3 is 14.7 Å². The molecule has 2 heterocycles. The Kier molecular flexibility index (Phi) is 5.83. The predicted octanol–water partition coefficient (Wildman–Crippen LogP) is -0.103. The van der Waals surface area contributed by atoms with Crippen LogP contribution in [0.25, 0.3) is 0 Å². The molecule has 2 amide bonds. The molecule has 9 nitrogen and oxygen atoms in total. The van der Waals surface area contributed by atoms with E-state index in [0.717, 1.165) is 0 Å². The second kappa shape index (κ2) is 7.52. The number of likely N-dealkylation sites (N-methyl/N-ethyl adjacent to an activating group) is 1. The Morgan fingerprint density at radius 2 is 1.88 bits per heavy atom. The first-order chi connectivity index (χ1) is 11.6. The highest BCUT2D eigenvalue weighted by molar-refractivity contribution is 7.89. The molecule has 1 aromatic rings. The van der Waals surface area contributed by atoms with Crippen LogP contribution < -0.4 is 5.32 Å². The molecule has 10 heteroatoms. The van der Waals surface area contributed by atoms with Gasteiger partial charge in [0.2, 0.25) is 21.8 Å². The van der Waals surface area contributed by atoms with Crippen molar-refractivity contribution in [1.29, 1.82) is 0 Å². The summed E-state index contributed by atoms with van der Waals surface area (Å²) in [6, 6.07) is 0. The van der Waals surface area contributed by atoms with Crippen LogP contribution >= 0.6 is 0 Å². The van der Waals surface area contributed by atoms with E-state index < -0.39 is 10.0 Å². The SMILES string of the molecule is Cc1noc(C)c1S(=O)(=O)N1CCC(C(=O)NCC(=O)N(C)C)CC1. The summed E-state index contributed by atoms with van der Waals surface area (Å²) in [5.74, 6) is -0.443. The molecular formula is C15H24N4O5S. The molecule has 1 fully saturated rings. The number of nitrogens with one attached hydrogen (secondary N) is 1. The van der Waals surface area contributed by atoms with Gasteiger partial charge in [-0.25, -0.2) is 8.42 Å². The third-order valence-corrected chi connectivity index (χ3v) is 6.45. The Bertz CT molecular complexity index is 728. The standard InChI is InChI=1S/C15H24N4O5S/c1-10-14(11(2)24-17-10)25(22,23)19-7-5-12(6-8-19)15(21)16-9-13(20)18(3)4/h12H,5-9H2,1-4H3,(H,16,21). The van der Waals surface area contributed by atoms with Gasteiger partial charge in [-0.05, 0) is 26.7 Å². The number of carbonyl (C=O) groups excluding carboxylic acids is 2. The van der Waals surface area contributed by atoms with Crippen LogP contribution in [-0.4, -0.2) is 68.3 Å². The number of rotatable bonds is 5. The van der Waals surface area contributed by atoms with Crippen LogP contribution in [0.2, 0.25) is 0 Å². The average Bonchev–Trinajstić information content (AvgIpc) is 2.91. The van der Waals surface area contributed by atoms with E-state index in [1.807, 2.05) is 0 Å². The highest BCUT2D eigenvalue weighted by Gasteiger charge is 2.35. The Morgan fingerprint density at radius 1 is 1.28 bits per heavy atom. The van der Waals surface area contributed by atoms with Crippen LogP contribution in [0.3, 0.4) is 0 Å². The fourth-order valence-electron chi connectivity index (χ4n) is 2.80. The molecule has 0 aliphatic carbocycles. The van der Waals surface area contributed by atoms with Gasteiger partial charge in [-0.1, -0.05) is 5.16 Å². The van der Waals surface area contributed by atoms with Crippen molar-refractivity contribution in [2.24, 2.45) is 5.92 Å². The number of hydrogen-bond donors (Lipinski definition) is 1. The van der Waals surface area contributed by atoms with Crippen LogP contribution in [0.4, 0.5) is 0 Å². The molecule has 1 aromatic heterocycles. The van der Waals surface area contributed by atoms with Crippen LogP contribution in [0.15, 0.2) is 9.42 Å². The van der Waals surface area contributed by atoms with Crippen molar-refractivity contribution < 1.29 is 22.5 Å². The summed E-state index contributed by atoms with van der Waals surface area (Å²) in [5.41, 5.74) is 0.333. The van der Waals surface area contributed by atoms with Crippen molar-refractivity contribution in [2.75, 3.05) is 33.7 Å². The molecule has 0 atom stereocenters. The second-order valence-electron chi connectivity index (χ2n) is 6.34. The number of sulfonamides is 1. The minimum absolute atomic E-state index is 0.0522. The van der Waals surface area contributed by atoms with Gasteiger partial charge in [-0.3, -0.25) is 9.59 Å². The first-order valence-electron chi connectivity index (χ1n) is 8.05. The largest absolute Gasteiger partial charge is 0.360 e. The minimum Gasteiger partial charge on any atom is -0.360 e. The maximum Gasteiger partial charge on any atom is 0.248 e. The first kappa shape index (κ1) is 19.4. The van der Waals surface area contributed by atoms with Crippen molar-refractivity contribution >= 4 is 21.8 Å². The van der Waals surface area contributed by atoms with E-state index in [1.54, 1.807) is 27.9 Å². The fraction of sp³-hybridized carbons (Fsp3) is 0.667. The lowest BCUT2D eigenvalue weighted by atomic mass is 9.97. The zero-order chi connectivity index (χ0) is 18.8. The van der Waals surface area contributed by atoms with Crippen LogP contribution in [0.1, 0.15) is 24.3 Å². The van der Waals surface area contributed by atoms with Gasteiger partial charge in [0.05, 0.1) is 6.54 Å². The Morgan fingerprint density at radius 3 is 2.36 bits per heavy atom. The molecule has 1 N–H and O–H groups in total. The maximum absolute atomic E-state index is 12.7. The van der Waals surface area contributed by atoms with Gasteiger partial charge >= 0.3 is 0 Å². The van der Waals surface area contributed by atoms with E-state index >= 15 is 0 Å². The summed E-state index contributed by atoms with van der Waals surface area (Å²) in [4.78, 5) is 25.2. The van der Waals surface area contributed by atoms with Crippen LogP contribution in [-0.2, 0) is 19.6 Å². The van der Waals surface area contributed by atoms with E-state index in [9.17, 15) is 18.0 Å². The van der Waals surface area contributed by atoms with Gasteiger partial charge in [0, 0.05) is 33.1 Å². The molecule has 0 saturated carbocycles. The van der Waals surface area contributed by atoms with Gasteiger partial charge in [0.25, 0.3) is 0 Å². The van der Waals surface area contributed by atoms with Crippen molar-refractivity contribution in [3.63, 3.8) is 0 Å². The second-order valence-corrected chi connectivity index (χ2v) is 8.21. The van der Waals surface area contributed by atoms with Crippen molar-refractivity contribution in [1.82, 2.24) is 19.7 Å². The summed E-state index contributed by atoms with van der Waals surface area (Å²) in [6.45, 7) is 3.59. The number of amides is 2. The molecule has 0 aromatic carbocycles. The minimum atomic E-state index is -3.68. The van der Waals surface area contributed by atoms with E-state index in [2.05, 4.69) is 10.5 Å². The van der Waals surface area contributed by atoms with E-state index in [1.165, 1.54) is 9.21 Å². The summed E-state index contributed by atoms with van der Waals surface area (Å²) < 4.78 is 31.8. The first-order valence-corrected chi connectivity index (χ1v) is 9.49. The maximum atomic E-state index is 12.7. The topological polar surface area (TPSA) is 113 Å². The van der Waals surface area contributed by atoms with E-state index in [-0.39, 0.29) is 48.0 Å². The number of hydrogen-bond acceptors (Lipinski definition) is 6. The summed E-state index contributed by atoms with van der Waals surface area (Å²) in [7, 11) is -0.446. The van der Waals surface area contributed by atoms with Gasteiger partial charge in [0.15, 0.2) is 5.76 Å². The number of nitrogens with zero attached hydrogens (tertiary/aromatic N) is 3. The molecule has 25 heavy (non-hydrogen) atoms. The zero-order valence-corrected chi connectivity index (χ0v) is 15.7. The Labute approximate surface area is 147 Å². The molecule has 0 radical (unpaired) electrons. The third kappa shape index (κ3) is 4.18. The predicted molar refractivity (Wildman–Crippen MR) is 89.2 cm³/mol. The molecule has 0 spiro atoms. The molecule has 1 aliphatic rings. The van der Waals surface area contributed by atoms with Gasteiger partial charge in [0.1, 0.15) is 10.6 Å². The highest BCUT2D eigenvalue weighted by Crippen LogP contribution is 2.27. The van der Waals surface area contributed by atoms with E-state index in [4.69, 9.17) is 4.52 Å². The smallest absolute Gasteiger partial charge is 0.248 e. The van der Waals surface area contributed by atoms with Crippen molar-refractivity contribution in [2.45, 2.75) is 31.6 Å². The zero-order valence-electron chi connectivity index (χ0n) is 14.9. The highest BCUT2D eigenvalue weighted by atomic mass is 32.2. The monoisotopic (exact) mass is 372 g/mol. The number of aromatic nitrogens is 1. The third-order valence-electron chi connectivity index (χ3n) is 4.30. The fourth-order valence-corrected chi connectivity index (χ4v) is 4.56. The van der Waals surface area contributed by atoms with Crippen molar-refractivity contribution in [3.8, 4) is 0 Å². The molecule has 0 bridgehead atoms. The number of aryl methyl sites for hydroxylation is 2. The molecule has 2 rings (SSSR count). The quantitative estimate of drug-likeness (QED) is 0.772. The normalized spacial score (nSPS) is 16.6. The molecular weight excluding hydrogens is 348 g/mol. The van der Waals surface area contributed by atoms with Crippen LogP contribution in [0, 0.1) is 19.8 Å². The average molecular weight is 372 g/mol. The molecule has 1 saturated heterocycles. The molecule has 1 aliphatic heterocycles. The lowest BCUT2D eigenvalue weighted by molar-refractivity contribution is -0.132. The summed E-state index contributed by atoms with van der Waals surface area (Å²) >= 11 is 0. The van der Waals surface area contributed by atoms with Crippen LogP contribution in [0.5, 0.6) is 0 Å². The molecule has 0 unspecified atom stereocenters. The Hall–Kier alpha value is -1.94. The number of carbonyl (C=O) groups is 2. The van der Waals surface area contributed by atoms with Crippen molar-refractivity contribution in [3.05, 3.63) is 11.5 Å². The van der Waals surface area contributed by atoms with E-state index in [0.29, 0.717) is 18.5 Å². The Balaban J connectivity index is 1.95. The van der Waals surface area contributed by atoms with Gasteiger partial charge in [-0.15, -0.1) is 0 Å². The molecule has 140 valence electrons. The van der Waals surface area contributed by atoms with Gasteiger partial charge in [-0.2, -0.15) is 4.31 Å². The lowest BCUT2D eigenvalue weighted by Crippen LogP contribution is -2.45. The summed E-state index contributed by atoms with van der Waals surface area (Å²) in [5, 5.41) is 6.30. The number of piperidine rings is 1. The summed E-state index contributed by atoms with van der Waals surface area (Å²) in [6.07, 6.45) is 0.815. The lowest BCUT2D eigenvalue weighted by Gasteiger charge is -2.30.